The Morgan fingerprint density at radius 3 is 2.65 bits per heavy atom. The van der Waals surface area contributed by atoms with E-state index in [1.165, 1.54) is 0 Å². The lowest BCUT2D eigenvalue weighted by molar-refractivity contribution is -0.135. The van der Waals surface area contributed by atoms with Gasteiger partial charge in [0, 0.05) is 25.6 Å². The van der Waals surface area contributed by atoms with Crippen molar-refractivity contribution in [3.8, 4) is 0 Å². The van der Waals surface area contributed by atoms with Crippen LogP contribution in [0.5, 0.6) is 0 Å². The van der Waals surface area contributed by atoms with Crippen LogP contribution in [-0.2, 0) is 16.6 Å². The number of nitrogens with zero attached hydrogens (tertiary/aromatic N) is 2. The van der Waals surface area contributed by atoms with Gasteiger partial charge in [-0.1, -0.05) is 42.5 Å². The molecule has 134 valence electrons. The molecule has 1 aromatic heterocycles. The summed E-state index contributed by atoms with van der Waals surface area (Å²) in [6.07, 6.45) is 1.47. The second-order valence-corrected chi connectivity index (χ2v) is 8.37. The lowest BCUT2D eigenvalue weighted by Crippen LogP contribution is -2.46. The van der Waals surface area contributed by atoms with Gasteiger partial charge in [-0.05, 0) is 31.0 Å². The smallest absolute Gasteiger partial charge is 0.233 e. The number of rotatable bonds is 4. The number of nitrogens with two attached hydrogens (primary N) is 1. The van der Waals surface area contributed by atoms with Crippen LogP contribution < -0.4 is 5.73 Å². The first kappa shape index (κ1) is 17.2. The Morgan fingerprint density at radius 1 is 1.23 bits per heavy atom. The third kappa shape index (κ3) is 3.13. The number of aromatic nitrogens is 1. The number of benzene rings is 2. The van der Waals surface area contributed by atoms with Gasteiger partial charge in [-0.25, -0.2) is 4.98 Å². The maximum atomic E-state index is 13.5. The van der Waals surface area contributed by atoms with Crippen molar-refractivity contribution < 1.29 is 4.79 Å². The van der Waals surface area contributed by atoms with Crippen molar-refractivity contribution in [2.75, 3.05) is 13.1 Å². The summed E-state index contributed by atoms with van der Waals surface area (Å²) in [6, 6.07) is 18.3. The molecule has 1 unspecified atom stereocenters. The standard InChI is InChI=1S/C21H23N3OS/c1-21(15-7-3-2-4-8-15,20(25)24-12-11-16(22)14-24)13-19-23-17-9-5-6-10-18(17)26-19/h2-10,16H,11-14,22H2,1H3/t16-,21?/m1/s1. The highest BCUT2D eigenvalue weighted by Gasteiger charge is 2.41. The largest absolute Gasteiger partial charge is 0.340 e. The van der Waals surface area contributed by atoms with Gasteiger partial charge in [-0.15, -0.1) is 11.3 Å². The fourth-order valence-electron chi connectivity index (χ4n) is 3.73. The number of thiazole rings is 1. The minimum Gasteiger partial charge on any atom is -0.340 e. The maximum absolute atomic E-state index is 13.5. The van der Waals surface area contributed by atoms with Crippen molar-refractivity contribution in [2.24, 2.45) is 5.73 Å². The van der Waals surface area contributed by atoms with Gasteiger partial charge in [0.15, 0.2) is 0 Å². The molecule has 1 amide bonds. The number of likely N-dealkylation sites (tertiary alicyclic amines) is 1. The molecule has 2 atom stereocenters. The van der Waals surface area contributed by atoms with Crippen LogP contribution in [0.4, 0.5) is 0 Å². The SMILES string of the molecule is CC(Cc1nc2ccccc2s1)(C(=O)N1CC[C@@H](N)C1)c1ccccc1. The molecule has 1 aliphatic heterocycles. The summed E-state index contributed by atoms with van der Waals surface area (Å²) in [5, 5.41) is 0.995. The molecule has 3 aromatic rings. The Hall–Kier alpha value is -2.24. The molecule has 1 saturated heterocycles. The lowest BCUT2D eigenvalue weighted by atomic mass is 9.78. The number of para-hydroxylation sites is 1. The van der Waals surface area contributed by atoms with Gasteiger partial charge in [0.05, 0.1) is 20.6 Å². The molecule has 0 bridgehead atoms. The molecule has 0 spiro atoms. The first-order valence-electron chi connectivity index (χ1n) is 9.01. The van der Waals surface area contributed by atoms with Gasteiger partial charge in [-0.3, -0.25) is 4.79 Å². The van der Waals surface area contributed by atoms with Crippen LogP contribution in [0.1, 0.15) is 23.9 Å². The van der Waals surface area contributed by atoms with Crippen molar-refractivity contribution >= 4 is 27.5 Å². The summed E-state index contributed by atoms with van der Waals surface area (Å²) in [5.41, 5.74) is 7.44. The number of hydrogen-bond donors (Lipinski definition) is 1. The average molecular weight is 366 g/mol. The Kier molecular flexibility index (Phi) is 4.51. The van der Waals surface area contributed by atoms with E-state index in [0.717, 1.165) is 33.8 Å². The second kappa shape index (κ2) is 6.82. The Balaban J connectivity index is 1.71. The molecule has 5 heteroatoms. The molecular formula is C21H23N3OS. The van der Waals surface area contributed by atoms with E-state index < -0.39 is 5.41 Å². The molecule has 1 fully saturated rings. The molecule has 0 radical (unpaired) electrons. The molecule has 4 nitrogen and oxygen atoms in total. The van der Waals surface area contributed by atoms with E-state index in [4.69, 9.17) is 10.7 Å². The van der Waals surface area contributed by atoms with Gasteiger partial charge in [0.1, 0.15) is 0 Å². The summed E-state index contributed by atoms with van der Waals surface area (Å²) in [4.78, 5) is 20.2. The van der Waals surface area contributed by atoms with Crippen molar-refractivity contribution in [2.45, 2.75) is 31.2 Å². The van der Waals surface area contributed by atoms with E-state index in [-0.39, 0.29) is 11.9 Å². The second-order valence-electron chi connectivity index (χ2n) is 7.25. The van der Waals surface area contributed by atoms with Crippen molar-refractivity contribution in [3.63, 3.8) is 0 Å². The van der Waals surface area contributed by atoms with Crippen LogP contribution in [0.15, 0.2) is 54.6 Å². The zero-order valence-corrected chi connectivity index (χ0v) is 15.7. The van der Waals surface area contributed by atoms with E-state index >= 15 is 0 Å². The third-order valence-electron chi connectivity index (χ3n) is 5.24. The van der Waals surface area contributed by atoms with Crippen molar-refractivity contribution in [1.82, 2.24) is 9.88 Å². The summed E-state index contributed by atoms with van der Waals surface area (Å²) in [5.74, 6) is 0.149. The average Bonchev–Trinajstić information content (AvgIpc) is 3.27. The molecule has 26 heavy (non-hydrogen) atoms. The fourth-order valence-corrected chi connectivity index (χ4v) is 4.85. The third-order valence-corrected chi connectivity index (χ3v) is 6.27. The monoisotopic (exact) mass is 365 g/mol. The summed E-state index contributed by atoms with van der Waals surface area (Å²) in [6.45, 7) is 3.42. The number of carbonyl (C=O) groups excluding carboxylic acids is 1. The molecule has 0 saturated carbocycles. The summed E-state index contributed by atoms with van der Waals surface area (Å²) >= 11 is 1.67. The fraction of sp³-hybridized carbons (Fsp3) is 0.333. The first-order valence-corrected chi connectivity index (χ1v) is 9.83. The number of carbonyl (C=O) groups is 1. The first-order chi connectivity index (χ1) is 12.6. The lowest BCUT2D eigenvalue weighted by Gasteiger charge is -2.32. The zero-order valence-electron chi connectivity index (χ0n) is 14.9. The van der Waals surface area contributed by atoms with Gasteiger partial charge >= 0.3 is 0 Å². The molecule has 0 aliphatic carbocycles. The topological polar surface area (TPSA) is 59.2 Å². The quantitative estimate of drug-likeness (QED) is 0.771. The highest BCUT2D eigenvalue weighted by atomic mass is 32.1. The van der Waals surface area contributed by atoms with E-state index in [1.807, 2.05) is 60.4 Å². The normalized spacial score (nSPS) is 19.6. The number of fused-ring (bicyclic) bond motifs is 1. The molecule has 4 rings (SSSR count). The summed E-state index contributed by atoms with van der Waals surface area (Å²) < 4.78 is 1.16. The van der Waals surface area contributed by atoms with Crippen LogP contribution in [0.2, 0.25) is 0 Å². The van der Waals surface area contributed by atoms with Gasteiger partial charge in [0.25, 0.3) is 0 Å². The van der Waals surface area contributed by atoms with E-state index in [0.29, 0.717) is 13.0 Å². The predicted octanol–water partition coefficient (Wildman–Crippen LogP) is 3.36. The van der Waals surface area contributed by atoms with Crippen LogP contribution in [-0.4, -0.2) is 34.9 Å². The molecule has 2 N–H and O–H groups in total. The highest BCUT2D eigenvalue weighted by Crippen LogP contribution is 2.34. The van der Waals surface area contributed by atoms with Crippen LogP contribution in [0.25, 0.3) is 10.2 Å². The summed E-state index contributed by atoms with van der Waals surface area (Å²) in [7, 11) is 0. The van der Waals surface area contributed by atoms with Gasteiger partial charge in [-0.2, -0.15) is 0 Å². The van der Waals surface area contributed by atoms with Gasteiger partial charge < -0.3 is 10.6 Å². The molecular weight excluding hydrogens is 342 g/mol. The predicted molar refractivity (Wildman–Crippen MR) is 106 cm³/mol. The highest BCUT2D eigenvalue weighted by molar-refractivity contribution is 7.18. The van der Waals surface area contributed by atoms with Gasteiger partial charge in [0.2, 0.25) is 5.91 Å². The molecule has 2 heterocycles. The van der Waals surface area contributed by atoms with E-state index in [1.54, 1.807) is 11.3 Å². The zero-order chi connectivity index (χ0) is 18.1. The minimum absolute atomic E-state index is 0.0847. The van der Waals surface area contributed by atoms with Crippen LogP contribution in [0.3, 0.4) is 0 Å². The Morgan fingerprint density at radius 2 is 1.96 bits per heavy atom. The maximum Gasteiger partial charge on any atom is 0.233 e. The number of hydrogen-bond acceptors (Lipinski definition) is 4. The van der Waals surface area contributed by atoms with E-state index in [9.17, 15) is 4.79 Å². The van der Waals surface area contributed by atoms with Crippen LogP contribution in [0, 0.1) is 0 Å². The minimum atomic E-state index is -0.640. The van der Waals surface area contributed by atoms with Crippen molar-refractivity contribution in [1.29, 1.82) is 0 Å². The van der Waals surface area contributed by atoms with Crippen LogP contribution >= 0.6 is 11.3 Å². The molecule has 1 aliphatic rings. The van der Waals surface area contributed by atoms with Crippen molar-refractivity contribution in [3.05, 3.63) is 65.2 Å². The Bertz CT molecular complexity index is 890. The molecule has 2 aromatic carbocycles. The Labute approximate surface area is 157 Å². The van der Waals surface area contributed by atoms with E-state index in [2.05, 4.69) is 6.07 Å². The number of amides is 1.